The molecule has 0 aliphatic rings. The van der Waals surface area contributed by atoms with Crippen molar-refractivity contribution in [2.24, 2.45) is 0 Å². The highest BCUT2D eigenvalue weighted by atomic mass is 32.1. The smallest absolute Gasteiger partial charge is 0.0634 e. The van der Waals surface area contributed by atoms with Crippen LogP contribution in [0, 0.1) is 6.92 Å². The number of aryl methyl sites for hydroxylation is 1. The lowest BCUT2D eigenvalue weighted by atomic mass is 10.2. The van der Waals surface area contributed by atoms with Crippen LogP contribution in [0.1, 0.15) is 5.69 Å². The quantitative estimate of drug-likeness (QED) is 0.495. The van der Waals surface area contributed by atoms with Crippen molar-refractivity contribution in [3.63, 3.8) is 0 Å². The summed E-state index contributed by atoms with van der Waals surface area (Å²) < 4.78 is 0. The first-order valence-corrected chi connectivity index (χ1v) is 4.88. The number of hydrogen-bond donors (Lipinski definition) is 3. The third kappa shape index (κ3) is 1.40. The van der Waals surface area contributed by atoms with Crippen LogP contribution in [0.4, 0.5) is 5.69 Å². The van der Waals surface area contributed by atoms with E-state index in [9.17, 15) is 0 Å². The van der Waals surface area contributed by atoms with E-state index in [1.807, 2.05) is 12.1 Å². The first-order valence-electron chi connectivity index (χ1n) is 4.25. The molecule has 0 amide bonds. The van der Waals surface area contributed by atoms with E-state index in [0.29, 0.717) is 5.88 Å². The Balaban J connectivity index is 2.64. The Labute approximate surface area is 82.8 Å². The van der Waals surface area contributed by atoms with Gasteiger partial charge in [-0.05, 0) is 13.0 Å². The van der Waals surface area contributed by atoms with Gasteiger partial charge in [0.25, 0.3) is 0 Å². The summed E-state index contributed by atoms with van der Waals surface area (Å²) in [7, 11) is 0. The number of benzene rings is 1. The molecule has 2 N–H and O–H groups in total. The molecule has 0 aliphatic heterocycles. The van der Waals surface area contributed by atoms with E-state index in [1.54, 1.807) is 0 Å². The number of para-hydroxylation sites is 1. The monoisotopic (exact) mass is 192 g/mol. The van der Waals surface area contributed by atoms with Crippen LogP contribution >= 0.6 is 12.6 Å². The van der Waals surface area contributed by atoms with Gasteiger partial charge in [0.15, 0.2) is 0 Å². The Morgan fingerprint density at radius 1 is 1.38 bits per heavy atom. The number of nitrogens with one attached hydrogen (secondary N) is 2. The SMILES string of the molecule is Cc1[nH]c2ccccc2c1NCS. The van der Waals surface area contributed by atoms with Crippen LogP contribution < -0.4 is 5.32 Å². The molecule has 1 aromatic heterocycles. The molecule has 3 heteroatoms. The maximum Gasteiger partial charge on any atom is 0.0634 e. The fourth-order valence-corrected chi connectivity index (χ4v) is 1.74. The summed E-state index contributed by atoms with van der Waals surface area (Å²) in [5.41, 5.74) is 3.49. The zero-order valence-corrected chi connectivity index (χ0v) is 8.36. The number of aromatic nitrogens is 1. The molecule has 0 bridgehead atoms. The zero-order valence-electron chi connectivity index (χ0n) is 7.46. The number of anilines is 1. The Bertz CT molecular complexity index is 420. The molecule has 2 rings (SSSR count). The Morgan fingerprint density at radius 2 is 2.15 bits per heavy atom. The predicted octanol–water partition coefficient (Wildman–Crippen LogP) is 2.78. The van der Waals surface area contributed by atoms with E-state index in [4.69, 9.17) is 0 Å². The summed E-state index contributed by atoms with van der Waals surface area (Å²) in [4.78, 5) is 3.32. The van der Waals surface area contributed by atoms with Crippen molar-refractivity contribution in [2.75, 3.05) is 11.2 Å². The van der Waals surface area contributed by atoms with Gasteiger partial charge in [-0.1, -0.05) is 18.2 Å². The van der Waals surface area contributed by atoms with Gasteiger partial charge in [-0.2, -0.15) is 12.6 Å². The van der Waals surface area contributed by atoms with Crippen molar-refractivity contribution >= 4 is 29.2 Å². The molecule has 0 saturated carbocycles. The van der Waals surface area contributed by atoms with Crippen LogP contribution in [-0.4, -0.2) is 10.9 Å². The van der Waals surface area contributed by atoms with Crippen molar-refractivity contribution in [1.82, 2.24) is 4.98 Å². The van der Waals surface area contributed by atoms with E-state index in [0.717, 1.165) is 11.4 Å². The molecule has 2 aromatic rings. The molecule has 0 fully saturated rings. The van der Waals surface area contributed by atoms with Crippen LogP contribution in [0.2, 0.25) is 0 Å². The fraction of sp³-hybridized carbons (Fsp3) is 0.200. The average molecular weight is 192 g/mol. The van der Waals surface area contributed by atoms with Gasteiger partial charge in [0, 0.05) is 16.6 Å². The Morgan fingerprint density at radius 3 is 2.92 bits per heavy atom. The van der Waals surface area contributed by atoms with Crippen molar-refractivity contribution in [3.05, 3.63) is 30.0 Å². The van der Waals surface area contributed by atoms with Crippen LogP contribution in [0.25, 0.3) is 10.9 Å². The molecule has 0 spiro atoms. The fourth-order valence-electron chi connectivity index (χ4n) is 1.58. The Hall–Kier alpha value is -1.09. The second kappa shape index (κ2) is 3.34. The van der Waals surface area contributed by atoms with Crippen LogP contribution in [0.5, 0.6) is 0 Å². The molecule has 0 atom stereocenters. The number of thiol groups is 1. The minimum Gasteiger partial charge on any atom is -0.374 e. The largest absolute Gasteiger partial charge is 0.374 e. The highest BCUT2D eigenvalue weighted by molar-refractivity contribution is 7.80. The minimum atomic E-state index is 0.655. The van der Waals surface area contributed by atoms with E-state index in [2.05, 4.69) is 42.0 Å². The van der Waals surface area contributed by atoms with Gasteiger partial charge in [-0.25, -0.2) is 0 Å². The summed E-state index contributed by atoms with van der Waals surface area (Å²) in [6, 6.07) is 8.25. The summed E-state index contributed by atoms with van der Waals surface area (Å²) in [5, 5.41) is 4.46. The van der Waals surface area contributed by atoms with Gasteiger partial charge in [-0.15, -0.1) is 0 Å². The molecule has 1 aromatic carbocycles. The van der Waals surface area contributed by atoms with Crippen molar-refractivity contribution < 1.29 is 0 Å². The first kappa shape index (κ1) is 8.51. The lowest BCUT2D eigenvalue weighted by molar-refractivity contribution is 1.28. The van der Waals surface area contributed by atoms with Gasteiger partial charge in [0.2, 0.25) is 0 Å². The maximum atomic E-state index is 4.15. The number of aromatic amines is 1. The molecule has 13 heavy (non-hydrogen) atoms. The van der Waals surface area contributed by atoms with E-state index in [-0.39, 0.29) is 0 Å². The minimum absolute atomic E-state index is 0.655. The van der Waals surface area contributed by atoms with Gasteiger partial charge < -0.3 is 10.3 Å². The highest BCUT2D eigenvalue weighted by Crippen LogP contribution is 2.26. The molecular formula is C10H12N2S. The molecule has 2 nitrogen and oxygen atoms in total. The zero-order chi connectivity index (χ0) is 9.26. The molecular weight excluding hydrogens is 180 g/mol. The Kier molecular flexibility index (Phi) is 2.19. The third-order valence-electron chi connectivity index (χ3n) is 2.15. The van der Waals surface area contributed by atoms with Gasteiger partial charge >= 0.3 is 0 Å². The summed E-state index contributed by atoms with van der Waals surface area (Å²) >= 11 is 4.15. The maximum absolute atomic E-state index is 4.15. The predicted molar refractivity (Wildman–Crippen MR) is 60.5 cm³/mol. The standard InChI is InChI=1S/C10H12N2S/c1-7-10(11-6-13)8-4-2-3-5-9(8)12-7/h2-5,11-13H,6H2,1H3. The van der Waals surface area contributed by atoms with E-state index in [1.165, 1.54) is 10.9 Å². The molecule has 0 aliphatic carbocycles. The van der Waals surface area contributed by atoms with Crippen LogP contribution in [-0.2, 0) is 0 Å². The van der Waals surface area contributed by atoms with Gasteiger partial charge in [-0.3, -0.25) is 0 Å². The van der Waals surface area contributed by atoms with Crippen LogP contribution in [0.15, 0.2) is 24.3 Å². The van der Waals surface area contributed by atoms with Crippen LogP contribution in [0.3, 0.4) is 0 Å². The van der Waals surface area contributed by atoms with E-state index >= 15 is 0 Å². The number of H-pyrrole nitrogens is 1. The van der Waals surface area contributed by atoms with Crippen molar-refractivity contribution in [2.45, 2.75) is 6.92 Å². The lowest BCUT2D eigenvalue weighted by Gasteiger charge is -2.01. The molecule has 68 valence electrons. The van der Waals surface area contributed by atoms with E-state index < -0.39 is 0 Å². The first-order chi connectivity index (χ1) is 6.33. The molecule has 1 heterocycles. The van der Waals surface area contributed by atoms with Crippen molar-refractivity contribution in [1.29, 1.82) is 0 Å². The number of fused-ring (bicyclic) bond motifs is 1. The van der Waals surface area contributed by atoms with Gasteiger partial charge in [0.05, 0.1) is 11.6 Å². The normalized spacial score (nSPS) is 10.6. The highest BCUT2D eigenvalue weighted by Gasteiger charge is 2.05. The topological polar surface area (TPSA) is 27.8 Å². The molecule has 0 radical (unpaired) electrons. The van der Waals surface area contributed by atoms with Gasteiger partial charge in [0.1, 0.15) is 0 Å². The summed E-state index contributed by atoms with van der Waals surface area (Å²) in [6.45, 7) is 2.06. The summed E-state index contributed by atoms with van der Waals surface area (Å²) in [6.07, 6.45) is 0. The van der Waals surface area contributed by atoms with Crippen molar-refractivity contribution in [3.8, 4) is 0 Å². The second-order valence-corrected chi connectivity index (χ2v) is 3.32. The molecule has 0 saturated heterocycles. The summed E-state index contributed by atoms with van der Waals surface area (Å²) in [5.74, 6) is 0.655. The average Bonchev–Trinajstić information content (AvgIpc) is 2.44. The lowest BCUT2D eigenvalue weighted by Crippen LogP contribution is -1.94. The third-order valence-corrected chi connectivity index (χ3v) is 2.31. The second-order valence-electron chi connectivity index (χ2n) is 3.01. The number of hydrogen-bond acceptors (Lipinski definition) is 2. The molecule has 0 unspecified atom stereocenters. The number of rotatable bonds is 2.